The molecule has 166 valence electrons. The van der Waals surface area contributed by atoms with Crippen LogP contribution in [-0.2, 0) is 4.74 Å². The van der Waals surface area contributed by atoms with Crippen LogP contribution < -0.4 is 10.1 Å². The van der Waals surface area contributed by atoms with Crippen molar-refractivity contribution in [3.63, 3.8) is 0 Å². The molecule has 8 nitrogen and oxygen atoms in total. The van der Waals surface area contributed by atoms with E-state index in [0.717, 1.165) is 25.2 Å². The van der Waals surface area contributed by atoms with Gasteiger partial charge in [-0.1, -0.05) is 5.16 Å². The number of aromatic nitrogens is 2. The van der Waals surface area contributed by atoms with E-state index in [1.165, 1.54) is 12.8 Å². The van der Waals surface area contributed by atoms with E-state index < -0.39 is 0 Å². The molecule has 5 rings (SSSR count). The first kappa shape index (κ1) is 20.5. The Morgan fingerprint density at radius 2 is 2.19 bits per heavy atom. The lowest BCUT2D eigenvalue weighted by atomic mass is 10.2. The molecular weight excluding hydrogens is 408 g/mol. The molecule has 0 radical (unpaired) electrons. The number of hydrogen-bond donors (Lipinski definition) is 1. The normalized spacial score (nSPS) is 17.5. The summed E-state index contributed by atoms with van der Waals surface area (Å²) in [6.45, 7) is 3.26. The molecule has 1 aromatic carbocycles. The number of likely N-dealkylation sites (tertiary alicyclic amines) is 1. The highest BCUT2D eigenvalue weighted by atomic mass is 16.5. The molecule has 4 heterocycles. The van der Waals surface area contributed by atoms with Crippen LogP contribution in [0.3, 0.4) is 0 Å². The molecule has 0 aliphatic carbocycles. The third kappa shape index (κ3) is 4.06. The first-order valence-corrected chi connectivity index (χ1v) is 10.8. The minimum atomic E-state index is 0.406. The van der Waals surface area contributed by atoms with Crippen molar-refractivity contribution in [2.24, 2.45) is 5.16 Å². The minimum absolute atomic E-state index is 0.406. The lowest BCUT2D eigenvalue weighted by Gasteiger charge is -2.23. The van der Waals surface area contributed by atoms with Crippen LogP contribution in [0.5, 0.6) is 5.75 Å². The fourth-order valence-corrected chi connectivity index (χ4v) is 4.37. The monoisotopic (exact) mass is 434 g/mol. The molecule has 1 fully saturated rings. The van der Waals surface area contributed by atoms with Gasteiger partial charge in [-0.2, -0.15) is 0 Å². The fraction of sp³-hybridized carbons (Fsp3) is 0.333. The summed E-state index contributed by atoms with van der Waals surface area (Å²) in [6, 6.07) is 13.6. The van der Waals surface area contributed by atoms with E-state index in [1.807, 2.05) is 47.0 Å². The van der Waals surface area contributed by atoms with Gasteiger partial charge in [0.2, 0.25) is 0 Å². The first-order valence-electron chi connectivity index (χ1n) is 10.8. The average Bonchev–Trinajstić information content (AvgIpc) is 3.47. The highest BCUT2D eigenvalue weighted by Crippen LogP contribution is 2.25. The molecule has 1 aliphatic heterocycles. The molecule has 1 saturated heterocycles. The quantitative estimate of drug-likeness (QED) is 0.354. The molecule has 32 heavy (non-hydrogen) atoms. The van der Waals surface area contributed by atoms with Crippen LogP contribution >= 0.6 is 0 Å². The zero-order valence-electron chi connectivity index (χ0n) is 18.0. The second-order valence-electron chi connectivity index (χ2n) is 8.00. The Balaban J connectivity index is 1.36. The summed E-state index contributed by atoms with van der Waals surface area (Å²) in [5.74, 6) is 1.24. The lowest BCUT2D eigenvalue weighted by molar-refractivity contribution is 0.105. The summed E-state index contributed by atoms with van der Waals surface area (Å²) < 4.78 is 19.3. The molecule has 0 unspecified atom stereocenters. The fourth-order valence-electron chi connectivity index (χ4n) is 4.37. The highest BCUT2D eigenvalue weighted by molar-refractivity contribution is 5.80. The summed E-state index contributed by atoms with van der Waals surface area (Å²) in [5.41, 5.74) is 2.27. The van der Waals surface area contributed by atoms with Crippen LogP contribution in [0.25, 0.3) is 27.9 Å². The van der Waals surface area contributed by atoms with E-state index in [1.54, 1.807) is 19.5 Å². The van der Waals surface area contributed by atoms with Crippen LogP contribution in [-0.4, -0.2) is 58.9 Å². The molecule has 0 saturated carbocycles. The van der Waals surface area contributed by atoms with Crippen molar-refractivity contribution in [2.75, 3.05) is 33.4 Å². The number of benzene rings is 1. The van der Waals surface area contributed by atoms with Gasteiger partial charge in [0.15, 0.2) is 5.76 Å². The number of methoxy groups -OCH3 is 1. The van der Waals surface area contributed by atoms with Gasteiger partial charge in [0.05, 0.1) is 18.3 Å². The van der Waals surface area contributed by atoms with Gasteiger partial charge in [0.25, 0.3) is 0 Å². The molecule has 8 heteroatoms. The molecule has 1 atom stereocenters. The molecule has 3 aromatic heterocycles. The Morgan fingerprint density at radius 3 is 3.06 bits per heavy atom. The largest absolute Gasteiger partial charge is 0.492 e. The smallest absolute Gasteiger partial charge is 0.155 e. The standard InChI is InChI=1S/C24H26N4O4/c1-30-15-18-5-3-8-27(18)10-11-31-19-6-7-23-20(13-19)21(26-29)14-24(32-23)22-12-17-4-2-9-28(17)16-25-22/h2,4,6-7,9,12-14,16,18,29H,3,5,8,10-11,15H2,1H3/b26-21-/t18-/m1/s1. The summed E-state index contributed by atoms with van der Waals surface area (Å²) >= 11 is 0. The Hall–Kier alpha value is -3.36. The summed E-state index contributed by atoms with van der Waals surface area (Å²) in [4.78, 5) is 6.87. The maximum absolute atomic E-state index is 9.64. The van der Waals surface area contributed by atoms with E-state index in [2.05, 4.69) is 15.0 Å². The topological polar surface area (TPSA) is 84.7 Å². The Kier molecular flexibility index (Phi) is 5.79. The maximum Gasteiger partial charge on any atom is 0.155 e. The van der Waals surface area contributed by atoms with Crippen molar-refractivity contribution in [3.8, 4) is 17.2 Å². The molecule has 1 N–H and O–H groups in total. The van der Waals surface area contributed by atoms with Gasteiger partial charge in [0, 0.05) is 37.5 Å². The number of fused-ring (bicyclic) bond motifs is 2. The number of ether oxygens (including phenoxy) is 2. The van der Waals surface area contributed by atoms with Crippen molar-refractivity contribution < 1.29 is 19.1 Å². The van der Waals surface area contributed by atoms with Gasteiger partial charge in [-0.05, 0) is 55.8 Å². The van der Waals surface area contributed by atoms with Crippen molar-refractivity contribution in [3.05, 3.63) is 60.3 Å². The van der Waals surface area contributed by atoms with E-state index in [-0.39, 0.29) is 0 Å². The van der Waals surface area contributed by atoms with Crippen molar-refractivity contribution >= 4 is 16.5 Å². The third-order valence-electron chi connectivity index (χ3n) is 6.00. The summed E-state index contributed by atoms with van der Waals surface area (Å²) in [7, 11) is 1.75. The van der Waals surface area contributed by atoms with Crippen LogP contribution in [0, 0.1) is 0 Å². The molecular formula is C24H26N4O4. The average molecular weight is 434 g/mol. The number of rotatable bonds is 7. The van der Waals surface area contributed by atoms with Gasteiger partial charge in [-0.3, -0.25) is 4.90 Å². The summed E-state index contributed by atoms with van der Waals surface area (Å²) in [6.07, 6.45) is 6.03. The molecule has 0 amide bonds. The first-order chi connectivity index (χ1) is 15.7. The number of hydrogen-bond acceptors (Lipinski definition) is 7. The molecule has 4 aromatic rings. The van der Waals surface area contributed by atoms with Crippen LogP contribution in [0.4, 0.5) is 0 Å². The Morgan fingerprint density at radius 1 is 1.25 bits per heavy atom. The number of nitrogens with zero attached hydrogens (tertiary/aromatic N) is 4. The van der Waals surface area contributed by atoms with Gasteiger partial charge >= 0.3 is 0 Å². The second-order valence-corrected chi connectivity index (χ2v) is 8.00. The van der Waals surface area contributed by atoms with E-state index in [0.29, 0.717) is 46.2 Å². The van der Waals surface area contributed by atoms with Gasteiger partial charge < -0.3 is 23.5 Å². The Bertz CT molecular complexity index is 1300. The van der Waals surface area contributed by atoms with Gasteiger partial charge in [-0.25, -0.2) is 4.98 Å². The van der Waals surface area contributed by atoms with Gasteiger partial charge in [-0.15, -0.1) is 0 Å². The van der Waals surface area contributed by atoms with Crippen molar-refractivity contribution in [1.82, 2.24) is 14.3 Å². The zero-order chi connectivity index (χ0) is 21.9. The SMILES string of the molecule is COC[C@H]1CCCN1CCOc1ccc2oc(-c3cc4cccn4cn3)c/c(=N/O)c2c1. The zero-order valence-corrected chi connectivity index (χ0v) is 18.0. The molecule has 1 aliphatic rings. The predicted octanol–water partition coefficient (Wildman–Crippen LogP) is 3.53. The van der Waals surface area contributed by atoms with E-state index in [9.17, 15) is 5.21 Å². The van der Waals surface area contributed by atoms with Gasteiger partial charge in [0.1, 0.15) is 29.0 Å². The van der Waals surface area contributed by atoms with Crippen LogP contribution in [0.1, 0.15) is 12.8 Å². The van der Waals surface area contributed by atoms with Crippen molar-refractivity contribution in [1.29, 1.82) is 0 Å². The molecule has 0 spiro atoms. The molecule has 0 bridgehead atoms. The van der Waals surface area contributed by atoms with E-state index >= 15 is 0 Å². The van der Waals surface area contributed by atoms with Crippen LogP contribution in [0.2, 0.25) is 0 Å². The predicted molar refractivity (Wildman–Crippen MR) is 120 cm³/mol. The van der Waals surface area contributed by atoms with Crippen LogP contribution in [0.15, 0.2) is 64.6 Å². The second kappa shape index (κ2) is 9.02. The van der Waals surface area contributed by atoms with Crippen molar-refractivity contribution in [2.45, 2.75) is 18.9 Å². The lowest BCUT2D eigenvalue weighted by Crippen LogP contribution is -2.35. The Labute approximate surface area is 185 Å². The summed E-state index contributed by atoms with van der Waals surface area (Å²) in [5, 5.41) is 14.2. The van der Waals surface area contributed by atoms with E-state index in [4.69, 9.17) is 13.9 Å². The highest BCUT2D eigenvalue weighted by Gasteiger charge is 2.23. The third-order valence-corrected chi connectivity index (χ3v) is 6.00. The minimum Gasteiger partial charge on any atom is -0.492 e. The maximum atomic E-state index is 9.64.